The first-order valence-corrected chi connectivity index (χ1v) is 6.80. The average Bonchev–Trinajstić information content (AvgIpc) is 2.76. The molecule has 4 heteroatoms. The summed E-state index contributed by atoms with van der Waals surface area (Å²) < 4.78 is 5.40. The van der Waals surface area contributed by atoms with Gasteiger partial charge in [-0.05, 0) is 45.4 Å². The minimum Gasteiger partial charge on any atom is -0.379 e. The van der Waals surface area contributed by atoms with Crippen molar-refractivity contribution in [2.24, 2.45) is 0 Å². The molecule has 0 radical (unpaired) electrons. The summed E-state index contributed by atoms with van der Waals surface area (Å²) in [4.78, 5) is 12.1. The Labute approximate surface area is 103 Å². The van der Waals surface area contributed by atoms with Crippen molar-refractivity contribution in [1.29, 1.82) is 0 Å². The topological polar surface area (TPSA) is 50.4 Å². The van der Waals surface area contributed by atoms with Crippen molar-refractivity contribution in [1.82, 2.24) is 10.6 Å². The summed E-state index contributed by atoms with van der Waals surface area (Å²) in [6, 6.07) is 0.671. The number of rotatable bonds is 3. The molecule has 2 fully saturated rings. The van der Waals surface area contributed by atoms with Crippen LogP contribution in [-0.2, 0) is 9.53 Å². The first-order valence-electron chi connectivity index (χ1n) is 6.80. The molecule has 2 N–H and O–H groups in total. The van der Waals surface area contributed by atoms with E-state index in [9.17, 15) is 4.79 Å². The van der Waals surface area contributed by atoms with E-state index in [1.165, 1.54) is 6.42 Å². The van der Waals surface area contributed by atoms with Crippen LogP contribution in [0.1, 0.15) is 45.4 Å². The average molecular weight is 240 g/mol. The van der Waals surface area contributed by atoms with Gasteiger partial charge < -0.3 is 15.4 Å². The molecular formula is C13H24N2O2. The fourth-order valence-corrected chi connectivity index (χ4v) is 3.00. The molecule has 2 aliphatic rings. The Morgan fingerprint density at radius 2 is 2.00 bits per heavy atom. The molecule has 2 rings (SSSR count). The van der Waals surface area contributed by atoms with E-state index in [1.54, 1.807) is 7.11 Å². The second-order valence-corrected chi connectivity index (χ2v) is 5.37. The third-order valence-electron chi connectivity index (χ3n) is 4.02. The first-order chi connectivity index (χ1) is 8.20. The summed E-state index contributed by atoms with van der Waals surface area (Å²) in [6.45, 7) is 2.15. The van der Waals surface area contributed by atoms with Crippen LogP contribution in [0.3, 0.4) is 0 Å². The van der Waals surface area contributed by atoms with Crippen molar-refractivity contribution in [3.8, 4) is 0 Å². The molecule has 4 nitrogen and oxygen atoms in total. The predicted octanol–water partition coefficient (Wildman–Crippen LogP) is 1.20. The monoisotopic (exact) mass is 240 g/mol. The molecule has 0 aromatic rings. The van der Waals surface area contributed by atoms with E-state index in [4.69, 9.17) is 4.74 Å². The van der Waals surface area contributed by atoms with E-state index in [2.05, 4.69) is 17.6 Å². The molecule has 0 bridgehead atoms. The predicted molar refractivity (Wildman–Crippen MR) is 66.8 cm³/mol. The zero-order valence-electron chi connectivity index (χ0n) is 10.9. The van der Waals surface area contributed by atoms with Crippen LogP contribution in [0.25, 0.3) is 0 Å². The summed E-state index contributed by atoms with van der Waals surface area (Å²) in [7, 11) is 1.73. The Morgan fingerprint density at radius 3 is 2.71 bits per heavy atom. The Morgan fingerprint density at radius 1 is 1.24 bits per heavy atom. The molecule has 0 spiro atoms. The largest absolute Gasteiger partial charge is 0.379 e. The van der Waals surface area contributed by atoms with Gasteiger partial charge in [-0.15, -0.1) is 0 Å². The summed E-state index contributed by atoms with van der Waals surface area (Å²) in [5.41, 5.74) is 0. The quantitative estimate of drug-likeness (QED) is 0.779. The van der Waals surface area contributed by atoms with Gasteiger partial charge in [-0.1, -0.05) is 0 Å². The summed E-state index contributed by atoms with van der Waals surface area (Å²) >= 11 is 0. The molecule has 0 aromatic carbocycles. The first kappa shape index (κ1) is 12.8. The molecule has 98 valence electrons. The molecular weight excluding hydrogens is 216 g/mol. The lowest BCUT2D eigenvalue weighted by atomic mass is 9.99. The summed E-state index contributed by atoms with van der Waals surface area (Å²) in [6.07, 6.45) is 6.75. The fraction of sp³-hybridized carbons (Fsp3) is 0.923. The maximum Gasteiger partial charge on any atom is 0.237 e. The number of nitrogens with one attached hydrogen (secondary N) is 2. The van der Waals surface area contributed by atoms with Crippen molar-refractivity contribution in [2.45, 2.75) is 69.7 Å². The lowest BCUT2D eigenvalue weighted by Gasteiger charge is -2.29. The zero-order valence-corrected chi connectivity index (χ0v) is 10.9. The number of hydrogen-bond acceptors (Lipinski definition) is 3. The van der Waals surface area contributed by atoms with Gasteiger partial charge in [0.05, 0.1) is 18.2 Å². The maximum absolute atomic E-state index is 12.1. The molecule has 1 aliphatic carbocycles. The lowest BCUT2D eigenvalue weighted by molar-refractivity contribution is -0.125. The summed E-state index contributed by atoms with van der Waals surface area (Å²) in [5, 5.41) is 6.51. The van der Waals surface area contributed by atoms with Crippen LogP contribution in [0.4, 0.5) is 0 Å². The van der Waals surface area contributed by atoms with E-state index >= 15 is 0 Å². The van der Waals surface area contributed by atoms with Crippen molar-refractivity contribution in [3.63, 3.8) is 0 Å². The molecule has 0 aromatic heterocycles. The van der Waals surface area contributed by atoms with Gasteiger partial charge in [-0.25, -0.2) is 0 Å². The highest BCUT2D eigenvalue weighted by Crippen LogP contribution is 2.22. The number of piperidine rings is 1. The normalized spacial score (nSPS) is 38.0. The van der Waals surface area contributed by atoms with Crippen LogP contribution in [0.15, 0.2) is 0 Å². The van der Waals surface area contributed by atoms with Gasteiger partial charge in [0, 0.05) is 13.2 Å². The Balaban J connectivity index is 1.83. The zero-order chi connectivity index (χ0) is 12.3. The van der Waals surface area contributed by atoms with E-state index in [-0.39, 0.29) is 24.1 Å². The van der Waals surface area contributed by atoms with Gasteiger partial charge >= 0.3 is 0 Å². The van der Waals surface area contributed by atoms with Crippen LogP contribution in [0, 0.1) is 0 Å². The Bertz CT molecular complexity index is 270. The second kappa shape index (κ2) is 5.83. The van der Waals surface area contributed by atoms with Gasteiger partial charge in [-0.3, -0.25) is 4.79 Å². The Hall–Kier alpha value is -0.610. The third kappa shape index (κ3) is 3.19. The van der Waals surface area contributed by atoms with Gasteiger partial charge in [0.15, 0.2) is 0 Å². The van der Waals surface area contributed by atoms with Crippen LogP contribution in [-0.4, -0.2) is 37.2 Å². The molecule has 1 aliphatic heterocycles. The van der Waals surface area contributed by atoms with E-state index in [0.717, 1.165) is 32.1 Å². The highest BCUT2D eigenvalue weighted by Gasteiger charge is 2.31. The molecule has 1 amide bonds. The standard InChI is InChI=1S/C13H24N2O2/c1-9-5-3-7-11(14-9)13(16)15-10-6-4-8-12(10)17-2/h9-12,14H,3-8H2,1-2H3,(H,15,16). The number of hydrogen-bond donors (Lipinski definition) is 2. The number of methoxy groups -OCH3 is 1. The van der Waals surface area contributed by atoms with E-state index in [0.29, 0.717) is 6.04 Å². The van der Waals surface area contributed by atoms with Crippen LogP contribution < -0.4 is 10.6 Å². The number of ether oxygens (including phenoxy) is 1. The van der Waals surface area contributed by atoms with Gasteiger partial charge in [0.25, 0.3) is 0 Å². The molecule has 1 saturated heterocycles. The molecule has 4 unspecified atom stereocenters. The van der Waals surface area contributed by atoms with Crippen molar-refractivity contribution in [2.75, 3.05) is 7.11 Å². The molecule has 1 saturated carbocycles. The smallest absolute Gasteiger partial charge is 0.237 e. The van der Waals surface area contributed by atoms with Crippen LogP contribution in [0.5, 0.6) is 0 Å². The maximum atomic E-state index is 12.1. The van der Waals surface area contributed by atoms with Crippen molar-refractivity contribution < 1.29 is 9.53 Å². The van der Waals surface area contributed by atoms with Crippen LogP contribution in [0.2, 0.25) is 0 Å². The van der Waals surface area contributed by atoms with Gasteiger partial charge in [0.2, 0.25) is 5.91 Å². The Kier molecular flexibility index (Phi) is 4.40. The minimum atomic E-state index is -0.00291. The minimum absolute atomic E-state index is 0.00291. The number of amides is 1. The lowest BCUT2D eigenvalue weighted by Crippen LogP contribution is -2.53. The van der Waals surface area contributed by atoms with Gasteiger partial charge in [0.1, 0.15) is 0 Å². The molecule has 17 heavy (non-hydrogen) atoms. The fourth-order valence-electron chi connectivity index (χ4n) is 3.00. The van der Waals surface area contributed by atoms with Crippen molar-refractivity contribution in [3.05, 3.63) is 0 Å². The third-order valence-corrected chi connectivity index (χ3v) is 4.02. The second-order valence-electron chi connectivity index (χ2n) is 5.37. The highest BCUT2D eigenvalue weighted by molar-refractivity contribution is 5.82. The molecule has 4 atom stereocenters. The van der Waals surface area contributed by atoms with E-state index in [1.807, 2.05) is 0 Å². The number of carbonyl (C=O) groups is 1. The van der Waals surface area contributed by atoms with Gasteiger partial charge in [-0.2, -0.15) is 0 Å². The van der Waals surface area contributed by atoms with Crippen molar-refractivity contribution >= 4 is 5.91 Å². The number of carbonyl (C=O) groups excluding carboxylic acids is 1. The van der Waals surface area contributed by atoms with Crippen LogP contribution >= 0.6 is 0 Å². The highest BCUT2D eigenvalue weighted by atomic mass is 16.5. The summed E-state index contributed by atoms with van der Waals surface area (Å²) in [5.74, 6) is 0.158. The SMILES string of the molecule is COC1CCCC1NC(=O)C1CCCC(C)N1. The molecule has 1 heterocycles. The van der Waals surface area contributed by atoms with E-state index < -0.39 is 0 Å².